The smallest absolute Gasteiger partial charge is 0.239 e. The van der Waals surface area contributed by atoms with Crippen LogP contribution in [-0.2, 0) is 4.79 Å². The van der Waals surface area contributed by atoms with Gasteiger partial charge in [-0.15, -0.1) is 0 Å². The fraction of sp³-hybridized carbons (Fsp3) is 0.462. The van der Waals surface area contributed by atoms with Gasteiger partial charge in [0.05, 0.1) is 19.3 Å². The number of nitrogens with one attached hydrogen (secondary N) is 2. The SMILES string of the molecule is COc1ccc(Br)cc1NCC(=O)NCC1CC1. The van der Waals surface area contributed by atoms with Crippen LogP contribution in [0.1, 0.15) is 12.8 Å². The molecule has 5 heteroatoms. The first-order valence-corrected chi connectivity index (χ1v) is 6.82. The van der Waals surface area contributed by atoms with Crippen LogP contribution in [0.25, 0.3) is 0 Å². The third-order valence-electron chi connectivity index (χ3n) is 2.89. The van der Waals surface area contributed by atoms with Crippen molar-refractivity contribution in [3.8, 4) is 5.75 Å². The number of carbonyl (C=O) groups excluding carboxylic acids is 1. The second kappa shape index (κ2) is 6.09. The minimum Gasteiger partial charge on any atom is -0.495 e. The van der Waals surface area contributed by atoms with E-state index in [1.807, 2.05) is 18.2 Å². The van der Waals surface area contributed by atoms with Gasteiger partial charge in [0, 0.05) is 11.0 Å². The first-order valence-electron chi connectivity index (χ1n) is 6.03. The molecule has 0 aromatic heterocycles. The van der Waals surface area contributed by atoms with Gasteiger partial charge in [0.2, 0.25) is 5.91 Å². The Hall–Kier alpha value is -1.23. The van der Waals surface area contributed by atoms with Gasteiger partial charge in [0.15, 0.2) is 0 Å². The molecule has 0 heterocycles. The first-order chi connectivity index (χ1) is 8.69. The van der Waals surface area contributed by atoms with Gasteiger partial charge in [-0.2, -0.15) is 0 Å². The van der Waals surface area contributed by atoms with Crippen molar-refractivity contribution in [3.63, 3.8) is 0 Å². The van der Waals surface area contributed by atoms with Crippen molar-refractivity contribution < 1.29 is 9.53 Å². The lowest BCUT2D eigenvalue weighted by molar-refractivity contribution is -0.119. The minimum atomic E-state index is 0.0175. The van der Waals surface area contributed by atoms with Gasteiger partial charge in [-0.1, -0.05) is 15.9 Å². The molecule has 0 unspecified atom stereocenters. The molecule has 0 radical (unpaired) electrons. The van der Waals surface area contributed by atoms with Gasteiger partial charge in [-0.25, -0.2) is 0 Å². The molecule has 1 saturated carbocycles. The molecule has 2 rings (SSSR count). The number of benzene rings is 1. The van der Waals surface area contributed by atoms with Crippen molar-refractivity contribution >= 4 is 27.5 Å². The summed E-state index contributed by atoms with van der Waals surface area (Å²) in [6.45, 7) is 1.07. The zero-order valence-corrected chi connectivity index (χ0v) is 11.9. The fourth-order valence-electron chi connectivity index (χ4n) is 1.64. The number of amides is 1. The van der Waals surface area contributed by atoms with Crippen LogP contribution in [-0.4, -0.2) is 26.1 Å². The van der Waals surface area contributed by atoms with Crippen molar-refractivity contribution in [1.29, 1.82) is 0 Å². The van der Waals surface area contributed by atoms with Gasteiger partial charge < -0.3 is 15.4 Å². The molecule has 0 aliphatic heterocycles. The van der Waals surface area contributed by atoms with E-state index in [1.54, 1.807) is 7.11 Å². The van der Waals surface area contributed by atoms with E-state index in [0.717, 1.165) is 22.5 Å². The Morgan fingerprint density at radius 1 is 1.50 bits per heavy atom. The van der Waals surface area contributed by atoms with E-state index < -0.39 is 0 Å². The average molecular weight is 313 g/mol. The zero-order chi connectivity index (χ0) is 13.0. The Morgan fingerprint density at radius 2 is 2.28 bits per heavy atom. The summed E-state index contributed by atoms with van der Waals surface area (Å²) in [4.78, 5) is 11.6. The third-order valence-corrected chi connectivity index (χ3v) is 3.38. The van der Waals surface area contributed by atoms with Gasteiger partial charge in [0.25, 0.3) is 0 Å². The van der Waals surface area contributed by atoms with Crippen molar-refractivity contribution in [3.05, 3.63) is 22.7 Å². The summed E-state index contributed by atoms with van der Waals surface area (Å²) in [7, 11) is 1.61. The van der Waals surface area contributed by atoms with Crippen molar-refractivity contribution in [1.82, 2.24) is 5.32 Å². The number of halogens is 1. The number of ether oxygens (including phenoxy) is 1. The number of rotatable bonds is 6. The lowest BCUT2D eigenvalue weighted by Crippen LogP contribution is -2.31. The van der Waals surface area contributed by atoms with Crippen LogP contribution in [0.2, 0.25) is 0 Å². The number of hydrogen-bond acceptors (Lipinski definition) is 3. The summed E-state index contributed by atoms with van der Waals surface area (Å²) in [5.74, 6) is 1.45. The molecule has 1 aromatic rings. The summed E-state index contributed by atoms with van der Waals surface area (Å²) in [5.41, 5.74) is 0.813. The maximum atomic E-state index is 11.6. The van der Waals surface area contributed by atoms with Crippen molar-refractivity contribution in [2.45, 2.75) is 12.8 Å². The number of anilines is 1. The summed E-state index contributed by atoms with van der Waals surface area (Å²) < 4.78 is 6.17. The Morgan fingerprint density at radius 3 is 2.94 bits per heavy atom. The van der Waals surface area contributed by atoms with Crippen molar-refractivity contribution in [2.75, 3.05) is 25.5 Å². The van der Waals surface area contributed by atoms with E-state index >= 15 is 0 Å². The van der Waals surface area contributed by atoms with E-state index in [4.69, 9.17) is 4.74 Å². The van der Waals surface area contributed by atoms with Crippen LogP contribution in [0.15, 0.2) is 22.7 Å². The molecule has 1 aromatic carbocycles. The highest BCUT2D eigenvalue weighted by Crippen LogP contribution is 2.28. The molecule has 1 aliphatic carbocycles. The largest absolute Gasteiger partial charge is 0.495 e. The third kappa shape index (κ3) is 3.91. The molecule has 98 valence electrons. The molecular formula is C13H17BrN2O2. The highest BCUT2D eigenvalue weighted by molar-refractivity contribution is 9.10. The van der Waals surface area contributed by atoms with E-state index in [-0.39, 0.29) is 12.5 Å². The Labute approximate surface area is 115 Å². The molecule has 18 heavy (non-hydrogen) atoms. The van der Waals surface area contributed by atoms with E-state index in [1.165, 1.54) is 12.8 Å². The monoisotopic (exact) mass is 312 g/mol. The van der Waals surface area contributed by atoms with Crippen LogP contribution < -0.4 is 15.4 Å². The molecular weight excluding hydrogens is 296 g/mol. The Bertz CT molecular complexity index is 433. The normalized spacial score (nSPS) is 14.1. The predicted molar refractivity (Wildman–Crippen MR) is 74.9 cm³/mol. The molecule has 1 amide bonds. The Kier molecular flexibility index (Phi) is 4.47. The van der Waals surface area contributed by atoms with Gasteiger partial charge in [-0.05, 0) is 37.0 Å². The topological polar surface area (TPSA) is 50.4 Å². The van der Waals surface area contributed by atoms with E-state index in [9.17, 15) is 4.79 Å². The highest BCUT2D eigenvalue weighted by atomic mass is 79.9. The maximum Gasteiger partial charge on any atom is 0.239 e. The lowest BCUT2D eigenvalue weighted by atomic mass is 10.3. The second-order valence-electron chi connectivity index (χ2n) is 4.45. The Balaban J connectivity index is 1.84. The van der Waals surface area contributed by atoms with E-state index in [0.29, 0.717) is 5.92 Å². The van der Waals surface area contributed by atoms with Crippen LogP contribution in [0.5, 0.6) is 5.75 Å². The maximum absolute atomic E-state index is 11.6. The summed E-state index contributed by atoms with van der Waals surface area (Å²) in [5, 5.41) is 5.99. The van der Waals surface area contributed by atoms with Crippen LogP contribution >= 0.6 is 15.9 Å². The van der Waals surface area contributed by atoms with Crippen LogP contribution in [0, 0.1) is 5.92 Å². The van der Waals surface area contributed by atoms with Crippen molar-refractivity contribution in [2.24, 2.45) is 5.92 Å². The summed E-state index contributed by atoms with van der Waals surface area (Å²) >= 11 is 3.39. The number of methoxy groups -OCH3 is 1. The molecule has 0 atom stereocenters. The fourth-order valence-corrected chi connectivity index (χ4v) is 2.00. The lowest BCUT2D eigenvalue weighted by Gasteiger charge is -2.11. The number of carbonyl (C=O) groups is 1. The van der Waals surface area contributed by atoms with Gasteiger partial charge in [0.1, 0.15) is 5.75 Å². The minimum absolute atomic E-state index is 0.0175. The van der Waals surface area contributed by atoms with Crippen LogP contribution in [0.3, 0.4) is 0 Å². The molecule has 1 aliphatic rings. The molecule has 1 fully saturated rings. The molecule has 4 nitrogen and oxygen atoms in total. The molecule has 0 saturated heterocycles. The molecule has 0 spiro atoms. The predicted octanol–water partition coefficient (Wildman–Crippen LogP) is 2.40. The van der Waals surface area contributed by atoms with Crippen LogP contribution in [0.4, 0.5) is 5.69 Å². The van der Waals surface area contributed by atoms with Gasteiger partial charge in [-0.3, -0.25) is 4.79 Å². The summed E-state index contributed by atoms with van der Waals surface area (Å²) in [6.07, 6.45) is 2.49. The number of hydrogen-bond donors (Lipinski definition) is 2. The average Bonchev–Trinajstić information content (AvgIpc) is 3.18. The first kappa shape index (κ1) is 13.2. The zero-order valence-electron chi connectivity index (χ0n) is 10.3. The highest BCUT2D eigenvalue weighted by Gasteiger charge is 2.21. The van der Waals surface area contributed by atoms with Gasteiger partial charge >= 0.3 is 0 Å². The second-order valence-corrected chi connectivity index (χ2v) is 5.36. The standard InChI is InChI=1S/C13H17BrN2O2/c1-18-12-5-4-10(14)6-11(12)15-8-13(17)16-7-9-2-3-9/h4-6,9,15H,2-3,7-8H2,1H3,(H,16,17). The molecule has 2 N–H and O–H groups in total. The quantitative estimate of drug-likeness (QED) is 0.848. The van der Waals surface area contributed by atoms with E-state index in [2.05, 4.69) is 26.6 Å². The molecule has 0 bridgehead atoms. The summed E-state index contributed by atoms with van der Waals surface area (Å²) in [6, 6.07) is 5.65.